The largest absolute Gasteiger partial charge is 0.337 e. The summed E-state index contributed by atoms with van der Waals surface area (Å²) < 4.78 is 1.68. The van der Waals surface area contributed by atoms with Crippen LogP contribution >= 0.6 is 11.6 Å². The zero-order chi connectivity index (χ0) is 15.5. The van der Waals surface area contributed by atoms with Gasteiger partial charge in [-0.3, -0.25) is 4.79 Å². The molecule has 1 atom stereocenters. The molecule has 116 valence electrons. The van der Waals surface area contributed by atoms with Gasteiger partial charge in [-0.1, -0.05) is 35.9 Å². The highest BCUT2D eigenvalue weighted by Crippen LogP contribution is 2.17. The lowest BCUT2D eigenvalue weighted by molar-refractivity contribution is 0.0677. The van der Waals surface area contributed by atoms with Gasteiger partial charge in [0.25, 0.3) is 5.91 Å². The molecule has 0 bridgehead atoms. The smallest absolute Gasteiger partial charge is 0.276 e. The zero-order valence-electron chi connectivity index (χ0n) is 12.6. The van der Waals surface area contributed by atoms with Gasteiger partial charge < -0.3 is 4.90 Å². The summed E-state index contributed by atoms with van der Waals surface area (Å²) in [5.41, 5.74) is 1.49. The molecule has 0 N–H and O–H groups in total. The lowest BCUT2D eigenvalue weighted by Crippen LogP contribution is -2.39. The summed E-state index contributed by atoms with van der Waals surface area (Å²) in [4.78, 5) is 14.3. The van der Waals surface area contributed by atoms with Crippen LogP contribution in [0.1, 0.15) is 35.8 Å². The van der Waals surface area contributed by atoms with Crippen molar-refractivity contribution in [1.29, 1.82) is 0 Å². The third kappa shape index (κ3) is 3.47. The number of aromatic nitrogens is 3. The molecule has 1 aromatic heterocycles. The van der Waals surface area contributed by atoms with Gasteiger partial charge in [-0.25, -0.2) is 4.68 Å². The second-order valence-corrected chi connectivity index (χ2v) is 6.36. The monoisotopic (exact) mass is 318 g/mol. The van der Waals surface area contributed by atoms with Gasteiger partial charge in [-0.05, 0) is 36.5 Å². The Morgan fingerprint density at radius 2 is 2.14 bits per heavy atom. The fraction of sp³-hybridized carbons (Fsp3) is 0.438. The molecule has 1 fully saturated rings. The summed E-state index contributed by atoms with van der Waals surface area (Å²) in [5, 5.41) is 8.79. The minimum absolute atomic E-state index is 0.0195. The third-order valence-electron chi connectivity index (χ3n) is 3.96. The highest BCUT2D eigenvalue weighted by Gasteiger charge is 2.24. The minimum Gasteiger partial charge on any atom is -0.337 e. The Morgan fingerprint density at radius 1 is 1.36 bits per heavy atom. The summed E-state index contributed by atoms with van der Waals surface area (Å²) in [6, 6.07) is 7.57. The van der Waals surface area contributed by atoms with Crippen molar-refractivity contribution in [3.8, 4) is 0 Å². The molecule has 0 aliphatic carbocycles. The highest BCUT2D eigenvalue weighted by molar-refractivity contribution is 6.30. The Bertz CT molecular complexity index is 652. The average molecular weight is 319 g/mol. The molecule has 1 aromatic carbocycles. The Morgan fingerprint density at radius 3 is 2.86 bits per heavy atom. The molecule has 5 nitrogen and oxygen atoms in total. The second kappa shape index (κ2) is 6.48. The standard InChI is InChI=1S/C16H19ClN4O/c1-12-3-2-8-20(9-12)16(22)15-11-21(19-18-15)10-13-4-6-14(17)7-5-13/h4-7,11-12H,2-3,8-10H2,1H3/t12-/m1/s1. The first-order valence-electron chi connectivity index (χ1n) is 7.55. The van der Waals surface area contributed by atoms with Crippen LogP contribution in [0.2, 0.25) is 5.02 Å². The molecule has 1 aliphatic rings. The summed E-state index contributed by atoms with van der Waals surface area (Å²) >= 11 is 5.87. The fourth-order valence-corrected chi connectivity index (χ4v) is 2.91. The van der Waals surface area contributed by atoms with Crippen molar-refractivity contribution in [3.05, 3.63) is 46.7 Å². The summed E-state index contributed by atoms with van der Waals surface area (Å²) in [7, 11) is 0. The van der Waals surface area contributed by atoms with Crippen LogP contribution in [-0.2, 0) is 6.54 Å². The molecule has 1 amide bonds. The Labute approximate surface area is 134 Å². The molecule has 2 aromatic rings. The molecule has 1 aliphatic heterocycles. The molecule has 0 spiro atoms. The lowest BCUT2D eigenvalue weighted by atomic mass is 10.0. The molecule has 3 rings (SSSR count). The van der Waals surface area contributed by atoms with E-state index in [1.165, 1.54) is 6.42 Å². The summed E-state index contributed by atoms with van der Waals surface area (Å²) in [5.74, 6) is 0.538. The zero-order valence-corrected chi connectivity index (χ0v) is 13.3. The minimum atomic E-state index is -0.0195. The first-order valence-corrected chi connectivity index (χ1v) is 7.93. The fourth-order valence-electron chi connectivity index (χ4n) is 2.79. The van der Waals surface area contributed by atoms with E-state index in [9.17, 15) is 4.79 Å². The number of halogens is 1. The predicted octanol–water partition coefficient (Wildman–Crippen LogP) is 2.85. The van der Waals surface area contributed by atoms with Gasteiger partial charge >= 0.3 is 0 Å². The van der Waals surface area contributed by atoms with E-state index < -0.39 is 0 Å². The lowest BCUT2D eigenvalue weighted by Gasteiger charge is -2.30. The molecule has 0 radical (unpaired) electrons. The molecule has 6 heteroatoms. The van der Waals surface area contributed by atoms with Gasteiger partial charge in [0, 0.05) is 18.1 Å². The number of amides is 1. The van der Waals surface area contributed by atoms with E-state index in [2.05, 4.69) is 17.2 Å². The number of likely N-dealkylation sites (tertiary alicyclic amines) is 1. The van der Waals surface area contributed by atoms with Gasteiger partial charge in [-0.15, -0.1) is 5.10 Å². The van der Waals surface area contributed by atoms with Crippen LogP contribution in [0, 0.1) is 5.92 Å². The maximum absolute atomic E-state index is 12.4. The Kier molecular flexibility index (Phi) is 4.43. The van der Waals surface area contributed by atoms with E-state index in [1.54, 1.807) is 10.9 Å². The van der Waals surface area contributed by atoms with Gasteiger partial charge in [-0.2, -0.15) is 0 Å². The van der Waals surface area contributed by atoms with Crippen LogP contribution in [0.15, 0.2) is 30.5 Å². The molecule has 0 unspecified atom stereocenters. The van der Waals surface area contributed by atoms with E-state index in [4.69, 9.17) is 11.6 Å². The Balaban J connectivity index is 1.67. The van der Waals surface area contributed by atoms with E-state index in [1.807, 2.05) is 29.2 Å². The highest BCUT2D eigenvalue weighted by atomic mass is 35.5. The molecule has 22 heavy (non-hydrogen) atoms. The molecule has 1 saturated heterocycles. The number of hydrogen-bond donors (Lipinski definition) is 0. The van der Waals surface area contributed by atoms with Crippen molar-refractivity contribution >= 4 is 17.5 Å². The van der Waals surface area contributed by atoms with E-state index in [-0.39, 0.29) is 5.91 Å². The van der Waals surface area contributed by atoms with Gasteiger partial charge in [0.05, 0.1) is 12.7 Å². The normalized spacial score (nSPS) is 18.5. The van der Waals surface area contributed by atoms with Crippen molar-refractivity contribution in [2.24, 2.45) is 5.92 Å². The molecule has 2 heterocycles. The Hall–Kier alpha value is -1.88. The van der Waals surface area contributed by atoms with Crippen LogP contribution in [0.5, 0.6) is 0 Å². The summed E-state index contributed by atoms with van der Waals surface area (Å²) in [6.07, 6.45) is 3.97. The van der Waals surface area contributed by atoms with Crippen LogP contribution in [0.4, 0.5) is 0 Å². The number of carbonyl (C=O) groups excluding carboxylic acids is 1. The number of benzene rings is 1. The van der Waals surface area contributed by atoms with Crippen molar-refractivity contribution in [3.63, 3.8) is 0 Å². The number of carbonyl (C=O) groups is 1. The first-order chi connectivity index (χ1) is 10.6. The molecule has 0 saturated carbocycles. The number of hydrogen-bond acceptors (Lipinski definition) is 3. The second-order valence-electron chi connectivity index (χ2n) is 5.93. The van der Waals surface area contributed by atoms with E-state index >= 15 is 0 Å². The van der Waals surface area contributed by atoms with E-state index in [0.29, 0.717) is 23.2 Å². The van der Waals surface area contributed by atoms with Crippen molar-refractivity contribution in [2.75, 3.05) is 13.1 Å². The van der Waals surface area contributed by atoms with Gasteiger partial charge in [0.15, 0.2) is 5.69 Å². The van der Waals surface area contributed by atoms with Crippen molar-refractivity contribution in [2.45, 2.75) is 26.3 Å². The molecular weight excluding hydrogens is 300 g/mol. The number of piperidine rings is 1. The molecular formula is C16H19ClN4O. The topological polar surface area (TPSA) is 51.0 Å². The number of rotatable bonds is 3. The van der Waals surface area contributed by atoms with Crippen molar-refractivity contribution < 1.29 is 4.79 Å². The predicted molar refractivity (Wildman–Crippen MR) is 84.9 cm³/mol. The van der Waals surface area contributed by atoms with Gasteiger partial charge in [0.1, 0.15) is 0 Å². The van der Waals surface area contributed by atoms with Gasteiger partial charge in [0.2, 0.25) is 0 Å². The summed E-state index contributed by atoms with van der Waals surface area (Å²) in [6.45, 7) is 4.38. The van der Waals surface area contributed by atoms with Crippen LogP contribution in [-0.4, -0.2) is 38.9 Å². The van der Waals surface area contributed by atoms with Crippen LogP contribution in [0.25, 0.3) is 0 Å². The maximum Gasteiger partial charge on any atom is 0.276 e. The van der Waals surface area contributed by atoms with Crippen LogP contribution < -0.4 is 0 Å². The first kappa shape index (κ1) is 15.0. The number of nitrogens with zero attached hydrogens (tertiary/aromatic N) is 4. The van der Waals surface area contributed by atoms with Crippen molar-refractivity contribution in [1.82, 2.24) is 19.9 Å². The average Bonchev–Trinajstić information content (AvgIpc) is 2.97. The van der Waals surface area contributed by atoms with Crippen LogP contribution in [0.3, 0.4) is 0 Å². The SMILES string of the molecule is C[C@@H]1CCCN(C(=O)c2cn(Cc3ccc(Cl)cc3)nn2)C1. The third-order valence-corrected chi connectivity index (χ3v) is 4.21. The van der Waals surface area contributed by atoms with E-state index in [0.717, 1.165) is 25.1 Å². The maximum atomic E-state index is 12.4. The quantitative estimate of drug-likeness (QED) is 0.874.